The molecule has 0 aliphatic heterocycles. The van der Waals surface area contributed by atoms with E-state index in [0.29, 0.717) is 37.1 Å². The predicted molar refractivity (Wildman–Crippen MR) is 140 cm³/mol. The van der Waals surface area contributed by atoms with Crippen LogP contribution in [0.25, 0.3) is 0 Å². The fraction of sp³-hybridized carbons (Fsp3) is 0.448. The molecule has 1 fully saturated rings. The van der Waals surface area contributed by atoms with E-state index in [-0.39, 0.29) is 18.4 Å². The van der Waals surface area contributed by atoms with Gasteiger partial charge in [-0.3, -0.25) is 0 Å². The highest BCUT2D eigenvalue weighted by Crippen LogP contribution is 2.38. The number of imidazole rings is 1. The lowest BCUT2D eigenvalue weighted by atomic mass is 9.74. The number of oxime groups is 1. The van der Waals surface area contributed by atoms with Crippen molar-refractivity contribution in [2.75, 3.05) is 6.54 Å². The molecule has 1 heterocycles. The summed E-state index contributed by atoms with van der Waals surface area (Å²) in [5, 5.41) is 27.8. The van der Waals surface area contributed by atoms with Gasteiger partial charge in [0.15, 0.2) is 0 Å². The molecule has 0 saturated heterocycles. The van der Waals surface area contributed by atoms with E-state index in [1.54, 1.807) is 12.4 Å². The number of aliphatic hydroxyl groups is 1. The van der Waals surface area contributed by atoms with Crippen LogP contribution in [-0.2, 0) is 17.4 Å². The van der Waals surface area contributed by atoms with Crippen molar-refractivity contribution < 1.29 is 19.1 Å². The second-order valence-corrected chi connectivity index (χ2v) is 11.1. The molecule has 0 spiro atoms. The molecule has 0 bridgehead atoms. The van der Waals surface area contributed by atoms with Crippen LogP contribution in [0.3, 0.4) is 0 Å². The Kier molecular flexibility index (Phi) is 8.09. The van der Waals surface area contributed by atoms with Gasteiger partial charge >= 0.3 is 0 Å². The quantitative estimate of drug-likeness (QED) is 0.236. The second-order valence-electron chi connectivity index (χ2n) is 11.1. The van der Waals surface area contributed by atoms with Crippen molar-refractivity contribution in [1.29, 1.82) is 0 Å². The SMILES string of the molecule is CC(C)(C)c1cccc(C2(NCC(O)C(Cc3cc(F)cc(F)c3)c3ncc[nH]3)CCC(=NO)CC2)c1. The number of hydrogen-bond donors (Lipinski definition) is 4. The number of aliphatic hydroxyl groups excluding tert-OH is 1. The van der Waals surface area contributed by atoms with Crippen LogP contribution in [0.15, 0.2) is 60.0 Å². The number of nitrogens with zero attached hydrogens (tertiary/aromatic N) is 2. The minimum absolute atomic E-state index is 0.0201. The summed E-state index contributed by atoms with van der Waals surface area (Å²) in [5.74, 6) is -1.25. The van der Waals surface area contributed by atoms with Gasteiger partial charge in [0.1, 0.15) is 17.5 Å². The van der Waals surface area contributed by atoms with Gasteiger partial charge in [-0.05, 0) is 66.3 Å². The van der Waals surface area contributed by atoms with Crippen LogP contribution in [0.1, 0.15) is 74.9 Å². The Labute approximate surface area is 216 Å². The Balaban J connectivity index is 1.60. The predicted octanol–water partition coefficient (Wildman–Crippen LogP) is 5.56. The maximum Gasteiger partial charge on any atom is 0.126 e. The van der Waals surface area contributed by atoms with E-state index < -0.39 is 29.2 Å². The summed E-state index contributed by atoms with van der Waals surface area (Å²) in [5.41, 5.74) is 3.13. The number of hydrogen-bond acceptors (Lipinski definition) is 5. The van der Waals surface area contributed by atoms with E-state index in [2.05, 4.69) is 65.5 Å². The van der Waals surface area contributed by atoms with Crippen molar-refractivity contribution in [3.8, 4) is 0 Å². The highest BCUT2D eigenvalue weighted by atomic mass is 19.1. The van der Waals surface area contributed by atoms with Gasteiger partial charge in [0, 0.05) is 36.5 Å². The van der Waals surface area contributed by atoms with Crippen molar-refractivity contribution >= 4 is 5.71 Å². The lowest BCUT2D eigenvalue weighted by Crippen LogP contribution is -2.49. The van der Waals surface area contributed by atoms with E-state index in [0.717, 1.165) is 17.3 Å². The number of rotatable bonds is 8. The molecule has 37 heavy (non-hydrogen) atoms. The molecule has 2 aromatic carbocycles. The number of aromatic nitrogens is 2. The average molecular weight is 511 g/mol. The maximum atomic E-state index is 13.9. The summed E-state index contributed by atoms with van der Waals surface area (Å²) in [4.78, 5) is 7.39. The Bertz CT molecular complexity index is 1190. The first-order chi connectivity index (χ1) is 17.6. The van der Waals surface area contributed by atoms with Crippen LogP contribution in [0.4, 0.5) is 8.78 Å². The van der Waals surface area contributed by atoms with Crippen LogP contribution in [0.5, 0.6) is 0 Å². The van der Waals surface area contributed by atoms with E-state index in [1.165, 1.54) is 17.7 Å². The first-order valence-electron chi connectivity index (χ1n) is 12.8. The van der Waals surface area contributed by atoms with Gasteiger partial charge in [-0.1, -0.05) is 50.2 Å². The molecule has 4 rings (SSSR count). The zero-order chi connectivity index (χ0) is 26.6. The largest absolute Gasteiger partial charge is 0.411 e. The summed E-state index contributed by atoms with van der Waals surface area (Å²) in [6.45, 7) is 6.78. The number of benzene rings is 2. The fourth-order valence-corrected chi connectivity index (χ4v) is 5.24. The Morgan fingerprint density at radius 1 is 1.11 bits per heavy atom. The third kappa shape index (κ3) is 6.43. The number of nitrogens with one attached hydrogen (secondary N) is 2. The molecule has 0 amide bonds. The van der Waals surface area contributed by atoms with E-state index >= 15 is 0 Å². The first-order valence-corrected chi connectivity index (χ1v) is 12.8. The summed E-state index contributed by atoms with van der Waals surface area (Å²) < 4.78 is 27.7. The highest BCUT2D eigenvalue weighted by molar-refractivity contribution is 5.85. The molecule has 3 aromatic rings. The van der Waals surface area contributed by atoms with Gasteiger partial charge < -0.3 is 20.6 Å². The zero-order valence-corrected chi connectivity index (χ0v) is 21.6. The zero-order valence-electron chi connectivity index (χ0n) is 21.6. The van der Waals surface area contributed by atoms with Crippen LogP contribution in [-0.4, -0.2) is 38.6 Å². The molecular weight excluding hydrogens is 474 g/mol. The molecule has 8 heteroatoms. The molecule has 1 aliphatic carbocycles. The normalized spacial score (nSPS) is 20.0. The van der Waals surface area contributed by atoms with Gasteiger partial charge in [-0.25, -0.2) is 13.8 Å². The number of H-pyrrole nitrogens is 1. The smallest absolute Gasteiger partial charge is 0.126 e. The van der Waals surface area contributed by atoms with Gasteiger partial charge in [-0.15, -0.1) is 0 Å². The molecule has 1 saturated carbocycles. The first kappa shape index (κ1) is 26.9. The van der Waals surface area contributed by atoms with Crippen molar-refractivity contribution in [1.82, 2.24) is 15.3 Å². The van der Waals surface area contributed by atoms with Crippen molar-refractivity contribution in [2.24, 2.45) is 5.16 Å². The number of halogens is 2. The Morgan fingerprint density at radius 3 is 2.41 bits per heavy atom. The van der Waals surface area contributed by atoms with Crippen LogP contribution >= 0.6 is 0 Å². The maximum absolute atomic E-state index is 13.9. The summed E-state index contributed by atoms with van der Waals surface area (Å²) in [6.07, 6.45) is 5.33. The van der Waals surface area contributed by atoms with E-state index in [4.69, 9.17) is 0 Å². The van der Waals surface area contributed by atoms with Crippen molar-refractivity contribution in [2.45, 2.75) is 75.9 Å². The average Bonchev–Trinajstić information content (AvgIpc) is 3.40. The van der Waals surface area contributed by atoms with E-state index in [9.17, 15) is 19.1 Å². The minimum Gasteiger partial charge on any atom is -0.411 e. The summed E-state index contributed by atoms with van der Waals surface area (Å²) in [6, 6.07) is 11.9. The summed E-state index contributed by atoms with van der Waals surface area (Å²) in [7, 11) is 0. The molecule has 2 atom stereocenters. The second kappa shape index (κ2) is 11.1. The van der Waals surface area contributed by atoms with Gasteiger partial charge in [-0.2, -0.15) is 0 Å². The minimum atomic E-state index is -0.881. The van der Waals surface area contributed by atoms with E-state index in [1.807, 2.05) is 0 Å². The van der Waals surface area contributed by atoms with Crippen LogP contribution in [0, 0.1) is 11.6 Å². The monoisotopic (exact) mass is 510 g/mol. The third-order valence-electron chi connectivity index (χ3n) is 7.47. The van der Waals surface area contributed by atoms with Gasteiger partial charge in [0.25, 0.3) is 0 Å². The van der Waals surface area contributed by atoms with Gasteiger partial charge in [0.05, 0.1) is 11.8 Å². The summed E-state index contributed by atoms with van der Waals surface area (Å²) >= 11 is 0. The lowest BCUT2D eigenvalue weighted by molar-refractivity contribution is 0.117. The molecule has 0 radical (unpaired) electrons. The molecule has 198 valence electrons. The molecule has 1 aliphatic rings. The number of aromatic amines is 1. The Morgan fingerprint density at radius 2 is 1.81 bits per heavy atom. The Hall–Kier alpha value is -3.10. The lowest BCUT2D eigenvalue weighted by Gasteiger charge is -2.41. The third-order valence-corrected chi connectivity index (χ3v) is 7.47. The molecular formula is C29H36F2N4O2. The highest BCUT2D eigenvalue weighted by Gasteiger charge is 2.37. The molecule has 1 aromatic heterocycles. The van der Waals surface area contributed by atoms with Crippen molar-refractivity contribution in [3.05, 3.63) is 89.0 Å². The molecule has 4 N–H and O–H groups in total. The fourth-order valence-electron chi connectivity index (χ4n) is 5.24. The topological polar surface area (TPSA) is 93.5 Å². The standard InChI is InChI=1S/C29H36F2N4O2/c1-28(2,3)20-5-4-6-21(16-20)29(9-7-24(35-37)8-10-29)34-18-26(36)25(27-32-11-12-33-27)15-19-13-22(30)17-23(31)14-19/h4-6,11-14,16-17,25-26,34,36-37H,7-10,15,18H2,1-3H3,(H,32,33). The molecule has 6 nitrogen and oxygen atoms in total. The van der Waals surface area contributed by atoms with Crippen molar-refractivity contribution in [3.63, 3.8) is 0 Å². The molecule has 2 unspecified atom stereocenters. The van der Waals surface area contributed by atoms with Crippen LogP contribution < -0.4 is 5.32 Å². The van der Waals surface area contributed by atoms with Gasteiger partial charge in [0.2, 0.25) is 0 Å². The van der Waals surface area contributed by atoms with Crippen LogP contribution in [0.2, 0.25) is 0 Å².